The average molecular weight is 358 g/mol. The van der Waals surface area contributed by atoms with Gasteiger partial charge in [-0.1, -0.05) is 0 Å². The zero-order valence-corrected chi connectivity index (χ0v) is 14.9. The van der Waals surface area contributed by atoms with Crippen LogP contribution in [-0.2, 0) is 7.05 Å². The van der Waals surface area contributed by atoms with E-state index in [1.165, 1.54) is 5.56 Å². The summed E-state index contributed by atoms with van der Waals surface area (Å²) in [6, 6.07) is 11.6. The number of nitrogens with zero attached hydrogens (tertiary/aromatic N) is 6. The Bertz CT molecular complexity index is 1120. The Hall–Kier alpha value is -3.48. The highest BCUT2D eigenvalue weighted by Gasteiger charge is 2.32. The van der Waals surface area contributed by atoms with Gasteiger partial charge in [-0.25, -0.2) is 0 Å². The Kier molecular flexibility index (Phi) is 3.53. The number of carbonyl (C=O) groups excluding carboxylic acids is 1. The van der Waals surface area contributed by atoms with Gasteiger partial charge >= 0.3 is 0 Å². The highest BCUT2D eigenvalue weighted by molar-refractivity contribution is 5.95. The van der Waals surface area contributed by atoms with E-state index in [0.29, 0.717) is 11.5 Å². The second-order valence-corrected chi connectivity index (χ2v) is 6.86. The Morgan fingerprint density at radius 1 is 1.07 bits per heavy atom. The third-order valence-corrected chi connectivity index (χ3v) is 5.17. The molecular weight excluding hydrogens is 340 g/mol. The zero-order valence-electron chi connectivity index (χ0n) is 14.9. The molecule has 0 aliphatic carbocycles. The molecule has 0 atom stereocenters. The Balaban J connectivity index is 1.41. The molecule has 0 spiro atoms. The van der Waals surface area contributed by atoms with Crippen molar-refractivity contribution in [2.75, 3.05) is 13.1 Å². The van der Waals surface area contributed by atoms with E-state index in [9.17, 15) is 4.79 Å². The van der Waals surface area contributed by atoms with Crippen molar-refractivity contribution in [2.24, 2.45) is 7.05 Å². The van der Waals surface area contributed by atoms with Gasteiger partial charge in [-0.3, -0.25) is 14.2 Å². The molecule has 0 N–H and O–H groups in total. The first-order valence-corrected chi connectivity index (χ1v) is 8.86. The van der Waals surface area contributed by atoms with E-state index in [2.05, 4.69) is 15.2 Å². The molecule has 1 fully saturated rings. The van der Waals surface area contributed by atoms with E-state index in [1.54, 1.807) is 12.4 Å². The fourth-order valence-corrected chi connectivity index (χ4v) is 3.56. The monoisotopic (exact) mass is 358 g/mol. The van der Waals surface area contributed by atoms with Gasteiger partial charge in [0, 0.05) is 50.8 Å². The van der Waals surface area contributed by atoms with Crippen LogP contribution in [-0.4, -0.2) is 48.0 Å². The van der Waals surface area contributed by atoms with Crippen LogP contribution in [0.15, 0.2) is 61.2 Å². The predicted molar refractivity (Wildman–Crippen MR) is 100 cm³/mol. The summed E-state index contributed by atoms with van der Waals surface area (Å²) < 4.78 is 3.86. The maximum Gasteiger partial charge on any atom is 0.255 e. The molecule has 7 nitrogen and oxygen atoms in total. The summed E-state index contributed by atoms with van der Waals surface area (Å²) in [6.07, 6.45) is 7.39. The minimum absolute atomic E-state index is 0.0359. The van der Waals surface area contributed by atoms with Crippen molar-refractivity contribution in [3.63, 3.8) is 0 Å². The molecule has 7 heteroatoms. The number of aryl methyl sites for hydroxylation is 1. The number of hydrogen-bond donors (Lipinski definition) is 0. The summed E-state index contributed by atoms with van der Waals surface area (Å²) in [4.78, 5) is 18.8. The first kappa shape index (κ1) is 15.7. The second kappa shape index (κ2) is 6.05. The lowest BCUT2D eigenvalue weighted by atomic mass is 9.92. The molecule has 4 aromatic rings. The lowest BCUT2D eigenvalue weighted by Crippen LogP contribution is -2.48. The molecule has 134 valence electrons. The molecule has 1 aliphatic heterocycles. The molecule has 5 rings (SSSR count). The normalized spacial score (nSPS) is 14.5. The maximum atomic E-state index is 12.9. The molecule has 27 heavy (non-hydrogen) atoms. The molecule has 0 aromatic carbocycles. The van der Waals surface area contributed by atoms with Crippen molar-refractivity contribution in [2.45, 2.75) is 5.92 Å². The molecule has 1 amide bonds. The van der Waals surface area contributed by atoms with E-state index < -0.39 is 0 Å². The largest absolute Gasteiger partial charge is 0.348 e. The maximum absolute atomic E-state index is 12.9. The number of aromatic nitrogens is 5. The summed E-state index contributed by atoms with van der Waals surface area (Å²) in [5.74, 6) is 1.15. The van der Waals surface area contributed by atoms with E-state index in [0.717, 1.165) is 30.3 Å². The minimum atomic E-state index is 0.0359. The van der Waals surface area contributed by atoms with Crippen LogP contribution < -0.4 is 0 Å². The van der Waals surface area contributed by atoms with E-state index >= 15 is 0 Å². The van der Waals surface area contributed by atoms with Crippen molar-refractivity contribution in [1.29, 1.82) is 0 Å². The first-order valence-electron chi connectivity index (χ1n) is 8.86. The van der Waals surface area contributed by atoms with Gasteiger partial charge in [0.15, 0.2) is 11.5 Å². The van der Waals surface area contributed by atoms with Gasteiger partial charge in [0.05, 0.1) is 11.3 Å². The lowest BCUT2D eigenvalue weighted by molar-refractivity contribution is 0.0602. The van der Waals surface area contributed by atoms with Crippen molar-refractivity contribution >= 4 is 11.6 Å². The van der Waals surface area contributed by atoms with Crippen molar-refractivity contribution in [3.8, 4) is 11.5 Å². The van der Waals surface area contributed by atoms with Crippen LogP contribution in [0.3, 0.4) is 0 Å². The number of carbonyl (C=O) groups is 1. The molecule has 1 saturated heterocycles. The molecule has 1 aliphatic rings. The number of likely N-dealkylation sites (tertiary alicyclic amines) is 1. The number of hydrogen-bond acceptors (Lipinski definition) is 4. The fraction of sp³-hybridized carbons (Fsp3) is 0.200. The summed E-state index contributed by atoms with van der Waals surface area (Å²) >= 11 is 0. The van der Waals surface area contributed by atoms with E-state index in [1.807, 2.05) is 69.7 Å². The van der Waals surface area contributed by atoms with Crippen LogP contribution in [0.4, 0.5) is 0 Å². The minimum Gasteiger partial charge on any atom is -0.348 e. The van der Waals surface area contributed by atoms with Crippen LogP contribution in [0.1, 0.15) is 21.8 Å². The Morgan fingerprint density at radius 3 is 2.63 bits per heavy atom. The van der Waals surface area contributed by atoms with Gasteiger partial charge in [0.1, 0.15) is 0 Å². The first-order chi connectivity index (χ1) is 13.2. The summed E-state index contributed by atoms with van der Waals surface area (Å²) in [5, 5.41) is 8.51. The SMILES string of the molecule is Cn1cccc1-c1nnc2ccc(C(=O)N3CC(c4ccncc4)C3)cn12. The third-order valence-electron chi connectivity index (χ3n) is 5.17. The predicted octanol–water partition coefficient (Wildman–Crippen LogP) is 2.37. The van der Waals surface area contributed by atoms with Gasteiger partial charge in [-0.15, -0.1) is 10.2 Å². The summed E-state index contributed by atoms with van der Waals surface area (Å²) in [6.45, 7) is 1.46. The van der Waals surface area contributed by atoms with Gasteiger partial charge in [-0.05, 0) is 42.0 Å². The molecule has 0 unspecified atom stereocenters. The fourth-order valence-electron chi connectivity index (χ4n) is 3.56. The Morgan fingerprint density at radius 2 is 1.89 bits per heavy atom. The smallest absolute Gasteiger partial charge is 0.255 e. The molecule has 4 aromatic heterocycles. The molecule has 0 saturated carbocycles. The molecule has 5 heterocycles. The van der Waals surface area contributed by atoms with Gasteiger partial charge < -0.3 is 9.47 Å². The average Bonchev–Trinajstić information content (AvgIpc) is 3.26. The standard InChI is InChI=1S/C20H18N6O/c1-24-10-2-3-17(24)19-23-22-18-5-4-15(13-26(18)19)20(27)25-11-16(12-25)14-6-8-21-9-7-14/h2-10,13,16H,11-12H2,1H3. The van der Waals surface area contributed by atoms with Gasteiger partial charge in [0.25, 0.3) is 5.91 Å². The molecule has 0 bridgehead atoms. The van der Waals surface area contributed by atoms with E-state index in [-0.39, 0.29) is 5.91 Å². The number of fused-ring (bicyclic) bond motifs is 1. The number of rotatable bonds is 3. The Labute approximate surface area is 155 Å². The third kappa shape index (κ3) is 2.59. The van der Waals surface area contributed by atoms with Gasteiger partial charge in [-0.2, -0.15) is 0 Å². The second-order valence-electron chi connectivity index (χ2n) is 6.86. The van der Waals surface area contributed by atoms with Crippen molar-refractivity contribution in [1.82, 2.24) is 29.0 Å². The molecular formula is C20H18N6O. The van der Waals surface area contributed by atoms with Crippen LogP contribution in [0.25, 0.3) is 17.2 Å². The van der Waals surface area contributed by atoms with Gasteiger partial charge in [0.2, 0.25) is 0 Å². The van der Waals surface area contributed by atoms with Crippen LogP contribution in [0, 0.1) is 0 Å². The van der Waals surface area contributed by atoms with Crippen molar-refractivity contribution in [3.05, 3.63) is 72.3 Å². The summed E-state index contributed by atoms with van der Waals surface area (Å²) in [7, 11) is 1.96. The number of pyridine rings is 2. The lowest BCUT2D eigenvalue weighted by Gasteiger charge is -2.39. The zero-order chi connectivity index (χ0) is 18.4. The molecule has 0 radical (unpaired) electrons. The highest BCUT2D eigenvalue weighted by atomic mass is 16.2. The highest BCUT2D eigenvalue weighted by Crippen LogP contribution is 2.28. The number of amides is 1. The van der Waals surface area contributed by atoms with Crippen LogP contribution in [0.5, 0.6) is 0 Å². The van der Waals surface area contributed by atoms with Crippen LogP contribution >= 0.6 is 0 Å². The van der Waals surface area contributed by atoms with E-state index in [4.69, 9.17) is 0 Å². The topological polar surface area (TPSA) is 68.3 Å². The van der Waals surface area contributed by atoms with Crippen LogP contribution in [0.2, 0.25) is 0 Å². The summed E-state index contributed by atoms with van der Waals surface area (Å²) in [5.41, 5.74) is 3.55. The van der Waals surface area contributed by atoms with Crippen molar-refractivity contribution < 1.29 is 4.79 Å². The quantitative estimate of drug-likeness (QED) is 0.564.